The van der Waals surface area contributed by atoms with E-state index in [1.54, 1.807) is 6.92 Å². The van der Waals surface area contributed by atoms with Crippen LogP contribution in [0.25, 0.3) is 0 Å². The third-order valence-electron chi connectivity index (χ3n) is 1.52. The maximum Gasteiger partial charge on any atom is 0.374 e. The van der Waals surface area contributed by atoms with Crippen molar-refractivity contribution in [1.82, 2.24) is 15.3 Å². The van der Waals surface area contributed by atoms with E-state index in [1.807, 2.05) is 0 Å². The monoisotopic (exact) mass is 212 g/mol. The van der Waals surface area contributed by atoms with E-state index in [4.69, 9.17) is 4.74 Å². The Bertz CT molecular complexity index is 361. The Morgan fingerprint density at radius 2 is 2.33 bits per heavy atom. The van der Waals surface area contributed by atoms with Crippen LogP contribution >= 0.6 is 0 Å². The van der Waals surface area contributed by atoms with Gasteiger partial charge in [-0.3, -0.25) is 5.32 Å². The van der Waals surface area contributed by atoms with Crippen LogP contribution in [0.2, 0.25) is 0 Å². The summed E-state index contributed by atoms with van der Waals surface area (Å²) in [5, 5.41) is 4.80. The Morgan fingerprint density at radius 1 is 1.60 bits per heavy atom. The minimum absolute atomic E-state index is 0.0586. The number of carbonyl (C=O) groups excluding carboxylic acids is 2. The van der Waals surface area contributed by atoms with Crippen molar-refractivity contribution in [2.45, 2.75) is 6.92 Å². The first-order chi connectivity index (χ1) is 7.17. The average Bonchev–Trinajstić information content (AvgIpc) is 2.66. The highest BCUT2D eigenvalue weighted by atomic mass is 16.5. The second-order valence-electron chi connectivity index (χ2n) is 2.57. The van der Waals surface area contributed by atoms with E-state index in [1.165, 1.54) is 13.2 Å². The van der Waals surface area contributed by atoms with E-state index in [0.29, 0.717) is 5.82 Å². The number of urea groups is 1. The zero-order chi connectivity index (χ0) is 11.3. The van der Waals surface area contributed by atoms with Crippen molar-refractivity contribution < 1.29 is 14.3 Å². The third-order valence-corrected chi connectivity index (χ3v) is 1.52. The molecule has 1 heterocycles. The lowest BCUT2D eigenvalue weighted by molar-refractivity contribution is 0.0513. The standard InChI is InChI=1S/C8H12N4O3/c1-3-15-7(13)6-10-4-5(11-6)12-8(14)9-2/h4H,3H2,1-2H3,(H,10,11)(H2,9,12,14). The number of rotatable bonds is 3. The molecule has 2 amide bonds. The molecule has 0 atom stereocenters. The molecule has 0 bridgehead atoms. The summed E-state index contributed by atoms with van der Waals surface area (Å²) in [6, 6.07) is -0.394. The predicted octanol–water partition coefficient (Wildman–Crippen LogP) is 0.338. The largest absolute Gasteiger partial charge is 0.460 e. The van der Waals surface area contributed by atoms with Crippen LogP contribution in [0.4, 0.5) is 10.6 Å². The number of aromatic amines is 1. The quantitative estimate of drug-likeness (QED) is 0.629. The summed E-state index contributed by atoms with van der Waals surface area (Å²) >= 11 is 0. The Labute approximate surface area is 86.2 Å². The van der Waals surface area contributed by atoms with Gasteiger partial charge in [0, 0.05) is 7.05 Å². The Hall–Kier alpha value is -2.05. The molecule has 0 aliphatic carbocycles. The summed E-state index contributed by atoms with van der Waals surface area (Å²) < 4.78 is 4.71. The van der Waals surface area contributed by atoms with E-state index in [0.717, 1.165) is 0 Å². The number of aromatic nitrogens is 2. The van der Waals surface area contributed by atoms with E-state index in [2.05, 4.69) is 20.6 Å². The molecule has 7 heteroatoms. The Morgan fingerprint density at radius 3 is 2.93 bits per heavy atom. The molecule has 0 unspecified atom stereocenters. The lowest BCUT2D eigenvalue weighted by Crippen LogP contribution is -2.24. The number of imidazole rings is 1. The van der Waals surface area contributed by atoms with Crippen LogP contribution in [-0.2, 0) is 4.74 Å². The lowest BCUT2D eigenvalue weighted by atomic mass is 10.6. The van der Waals surface area contributed by atoms with Crippen LogP contribution in [0, 0.1) is 0 Å². The molecule has 0 saturated carbocycles. The molecule has 0 aliphatic heterocycles. The molecule has 1 aromatic heterocycles. The fourth-order valence-corrected chi connectivity index (χ4v) is 0.873. The first kappa shape index (κ1) is 11.0. The average molecular weight is 212 g/mol. The van der Waals surface area contributed by atoms with Crippen molar-refractivity contribution in [3.63, 3.8) is 0 Å². The number of hydrogen-bond acceptors (Lipinski definition) is 4. The van der Waals surface area contributed by atoms with Gasteiger partial charge < -0.3 is 15.0 Å². The van der Waals surface area contributed by atoms with Crippen LogP contribution in [-0.4, -0.2) is 35.6 Å². The van der Waals surface area contributed by atoms with E-state index < -0.39 is 12.0 Å². The number of carbonyl (C=O) groups is 2. The van der Waals surface area contributed by atoms with Gasteiger partial charge in [0.15, 0.2) is 0 Å². The molecule has 15 heavy (non-hydrogen) atoms. The van der Waals surface area contributed by atoms with Crippen LogP contribution in [0.3, 0.4) is 0 Å². The molecular formula is C8H12N4O3. The topological polar surface area (TPSA) is 96.1 Å². The number of nitrogens with one attached hydrogen (secondary N) is 3. The predicted molar refractivity (Wildman–Crippen MR) is 52.6 cm³/mol. The van der Waals surface area contributed by atoms with Crippen molar-refractivity contribution in [2.75, 3.05) is 19.0 Å². The summed E-state index contributed by atoms with van der Waals surface area (Å²) in [5.41, 5.74) is 0. The number of hydrogen-bond donors (Lipinski definition) is 3. The van der Waals surface area contributed by atoms with Crippen LogP contribution in [0.1, 0.15) is 17.5 Å². The molecule has 3 N–H and O–H groups in total. The minimum atomic E-state index is -0.553. The molecular weight excluding hydrogens is 200 g/mol. The van der Waals surface area contributed by atoms with Crippen LogP contribution < -0.4 is 10.6 Å². The van der Waals surface area contributed by atoms with Crippen molar-refractivity contribution in [3.8, 4) is 0 Å². The summed E-state index contributed by atoms with van der Waals surface area (Å²) in [4.78, 5) is 28.4. The van der Waals surface area contributed by atoms with Gasteiger partial charge in [-0.2, -0.15) is 0 Å². The molecule has 0 saturated heterocycles. The van der Waals surface area contributed by atoms with Gasteiger partial charge in [-0.15, -0.1) is 0 Å². The molecule has 1 rings (SSSR count). The van der Waals surface area contributed by atoms with Gasteiger partial charge in [-0.25, -0.2) is 14.6 Å². The van der Waals surface area contributed by atoms with Gasteiger partial charge >= 0.3 is 12.0 Å². The lowest BCUT2D eigenvalue weighted by Gasteiger charge is -1.99. The minimum Gasteiger partial charge on any atom is -0.460 e. The highest BCUT2D eigenvalue weighted by molar-refractivity contribution is 5.90. The molecule has 0 aromatic carbocycles. The van der Waals surface area contributed by atoms with Crippen molar-refractivity contribution in [3.05, 3.63) is 12.0 Å². The smallest absolute Gasteiger partial charge is 0.374 e. The molecule has 0 spiro atoms. The first-order valence-electron chi connectivity index (χ1n) is 4.38. The summed E-state index contributed by atoms with van der Waals surface area (Å²) in [6.07, 6.45) is 1.33. The maximum absolute atomic E-state index is 11.2. The fourth-order valence-electron chi connectivity index (χ4n) is 0.873. The zero-order valence-electron chi connectivity index (χ0n) is 8.46. The number of ether oxygens (including phenoxy) is 1. The van der Waals surface area contributed by atoms with Gasteiger partial charge in [0.2, 0.25) is 5.82 Å². The fraction of sp³-hybridized carbons (Fsp3) is 0.375. The summed E-state index contributed by atoms with van der Waals surface area (Å²) in [7, 11) is 1.48. The molecule has 82 valence electrons. The number of amides is 2. The molecule has 0 aliphatic rings. The highest BCUT2D eigenvalue weighted by Crippen LogP contribution is 2.04. The van der Waals surface area contributed by atoms with E-state index in [-0.39, 0.29) is 12.4 Å². The van der Waals surface area contributed by atoms with Crippen molar-refractivity contribution >= 4 is 17.8 Å². The normalized spacial score (nSPS) is 9.47. The van der Waals surface area contributed by atoms with Gasteiger partial charge in [0.1, 0.15) is 5.82 Å². The number of nitrogens with zero attached hydrogens (tertiary/aromatic N) is 1. The summed E-state index contributed by atoms with van der Waals surface area (Å²) in [5.74, 6) is -0.164. The first-order valence-corrected chi connectivity index (χ1v) is 4.38. The number of H-pyrrole nitrogens is 1. The van der Waals surface area contributed by atoms with Gasteiger partial charge in [-0.05, 0) is 6.92 Å². The second-order valence-corrected chi connectivity index (χ2v) is 2.57. The van der Waals surface area contributed by atoms with Gasteiger partial charge in [-0.1, -0.05) is 0 Å². The Balaban J connectivity index is 2.63. The van der Waals surface area contributed by atoms with Crippen LogP contribution in [0.5, 0.6) is 0 Å². The SMILES string of the molecule is CCOC(=O)c1ncc(NC(=O)NC)[nH]1. The number of esters is 1. The third kappa shape index (κ3) is 2.97. The zero-order valence-corrected chi connectivity index (χ0v) is 8.46. The number of anilines is 1. The second kappa shape index (κ2) is 4.99. The van der Waals surface area contributed by atoms with E-state index >= 15 is 0 Å². The van der Waals surface area contributed by atoms with E-state index in [9.17, 15) is 9.59 Å². The van der Waals surface area contributed by atoms with Crippen molar-refractivity contribution in [2.24, 2.45) is 0 Å². The molecule has 7 nitrogen and oxygen atoms in total. The Kier molecular flexibility index (Phi) is 3.67. The summed E-state index contributed by atoms with van der Waals surface area (Å²) in [6.45, 7) is 1.97. The van der Waals surface area contributed by atoms with Crippen LogP contribution in [0.15, 0.2) is 6.20 Å². The highest BCUT2D eigenvalue weighted by Gasteiger charge is 2.11. The van der Waals surface area contributed by atoms with Crippen molar-refractivity contribution in [1.29, 1.82) is 0 Å². The molecule has 0 fully saturated rings. The molecule has 0 radical (unpaired) electrons. The van der Waals surface area contributed by atoms with Gasteiger partial charge in [0.25, 0.3) is 0 Å². The van der Waals surface area contributed by atoms with Gasteiger partial charge in [0.05, 0.1) is 12.8 Å². The maximum atomic E-state index is 11.2. The molecule has 1 aromatic rings.